The molecular formula is C13H25NO2Si. The van der Waals surface area contributed by atoms with Crippen LogP contribution >= 0.6 is 0 Å². The van der Waals surface area contributed by atoms with Crippen LogP contribution in [0.25, 0.3) is 0 Å². The molecule has 98 valence electrons. The van der Waals surface area contributed by atoms with Gasteiger partial charge in [0, 0.05) is 0 Å². The van der Waals surface area contributed by atoms with Gasteiger partial charge in [-0.3, -0.25) is 4.79 Å². The van der Waals surface area contributed by atoms with Gasteiger partial charge in [-0.15, -0.1) is 6.58 Å². The zero-order chi connectivity index (χ0) is 13.4. The maximum Gasteiger partial charge on any atom is 0.228 e. The van der Waals surface area contributed by atoms with Crippen molar-refractivity contribution in [2.24, 2.45) is 5.92 Å². The standard InChI is InChI=1S/C13H25NO2Si/c1-8-10-11(12(15)14-10)9(2)16-17(6,7)13(3,4)5/h8-11H,1H2,2-7H3,(H,14,15). The number of hydrogen-bond acceptors (Lipinski definition) is 2. The van der Waals surface area contributed by atoms with Gasteiger partial charge in [-0.2, -0.15) is 0 Å². The Morgan fingerprint density at radius 1 is 1.47 bits per heavy atom. The zero-order valence-corrected chi connectivity index (χ0v) is 12.8. The van der Waals surface area contributed by atoms with E-state index in [-0.39, 0.29) is 29.0 Å². The molecule has 1 amide bonds. The molecule has 1 rings (SSSR count). The third-order valence-corrected chi connectivity index (χ3v) is 8.62. The molecule has 1 heterocycles. The minimum Gasteiger partial charge on any atom is -0.413 e. The van der Waals surface area contributed by atoms with Crippen LogP contribution in [-0.4, -0.2) is 26.4 Å². The van der Waals surface area contributed by atoms with Crippen LogP contribution in [0.4, 0.5) is 0 Å². The van der Waals surface area contributed by atoms with Crippen molar-refractivity contribution < 1.29 is 9.22 Å². The van der Waals surface area contributed by atoms with E-state index in [1.807, 2.05) is 6.92 Å². The van der Waals surface area contributed by atoms with Gasteiger partial charge >= 0.3 is 0 Å². The number of carbonyl (C=O) groups excluding carboxylic acids is 1. The summed E-state index contributed by atoms with van der Waals surface area (Å²) in [5.41, 5.74) is 0. The van der Waals surface area contributed by atoms with E-state index in [4.69, 9.17) is 4.43 Å². The fraction of sp³-hybridized carbons (Fsp3) is 0.769. The first-order chi connectivity index (χ1) is 7.60. The molecule has 1 saturated heterocycles. The Kier molecular flexibility index (Phi) is 3.89. The van der Waals surface area contributed by atoms with E-state index in [9.17, 15) is 4.79 Å². The van der Waals surface area contributed by atoms with Gasteiger partial charge in [0.15, 0.2) is 8.32 Å². The summed E-state index contributed by atoms with van der Waals surface area (Å²) in [6.45, 7) is 16.8. The molecule has 17 heavy (non-hydrogen) atoms. The summed E-state index contributed by atoms with van der Waals surface area (Å²) in [4.78, 5) is 11.6. The number of rotatable bonds is 4. The molecule has 0 spiro atoms. The lowest BCUT2D eigenvalue weighted by atomic mass is 9.86. The van der Waals surface area contributed by atoms with Crippen molar-refractivity contribution >= 4 is 14.2 Å². The molecule has 3 unspecified atom stereocenters. The van der Waals surface area contributed by atoms with E-state index in [1.54, 1.807) is 6.08 Å². The normalized spacial score (nSPS) is 27.1. The SMILES string of the molecule is C=CC1NC(=O)C1C(C)O[Si](C)(C)C(C)(C)C. The minimum absolute atomic E-state index is 0.0346. The van der Waals surface area contributed by atoms with Crippen molar-refractivity contribution in [1.29, 1.82) is 0 Å². The predicted molar refractivity (Wildman–Crippen MR) is 73.4 cm³/mol. The molecular weight excluding hydrogens is 230 g/mol. The van der Waals surface area contributed by atoms with Gasteiger partial charge in [0.2, 0.25) is 5.91 Å². The summed E-state index contributed by atoms with van der Waals surface area (Å²) in [5.74, 6) is 0.0164. The van der Waals surface area contributed by atoms with Gasteiger partial charge < -0.3 is 9.74 Å². The number of hydrogen-bond donors (Lipinski definition) is 1. The number of carbonyl (C=O) groups is 1. The molecule has 0 bridgehead atoms. The van der Waals surface area contributed by atoms with Gasteiger partial charge in [0.1, 0.15) is 0 Å². The molecule has 0 aromatic rings. The van der Waals surface area contributed by atoms with Gasteiger partial charge in [-0.05, 0) is 25.1 Å². The lowest BCUT2D eigenvalue weighted by molar-refractivity contribution is -0.137. The quantitative estimate of drug-likeness (QED) is 0.476. The molecule has 0 radical (unpaired) electrons. The second kappa shape index (κ2) is 4.57. The van der Waals surface area contributed by atoms with Crippen LogP contribution in [0.15, 0.2) is 12.7 Å². The van der Waals surface area contributed by atoms with Crippen molar-refractivity contribution in [3.8, 4) is 0 Å². The van der Waals surface area contributed by atoms with Crippen LogP contribution in [0, 0.1) is 5.92 Å². The Bertz CT molecular complexity index is 320. The summed E-state index contributed by atoms with van der Waals surface area (Å²) >= 11 is 0. The average Bonchev–Trinajstić information content (AvgIpc) is 2.10. The molecule has 1 aliphatic rings. The van der Waals surface area contributed by atoms with E-state index in [1.165, 1.54) is 0 Å². The highest BCUT2D eigenvalue weighted by atomic mass is 28.4. The molecule has 3 atom stereocenters. The third-order valence-electron chi connectivity index (χ3n) is 4.04. The summed E-state index contributed by atoms with van der Waals surface area (Å²) in [7, 11) is -1.80. The van der Waals surface area contributed by atoms with Crippen LogP contribution in [0.1, 0.15) is 27.7 Å². The summed E-state index contributed by atoms with van der Waals surface area (Å²) in [6, 6.07) is 0.0715. The van der Waals surface area contributed by atoms with Gasteiger partial charge in [-0.25, -0.2) is 0 Å². The van der Waals surface area contributed by atoms with Crippen LogP contribution < -0.4 is 5.32 Å². The third kappa shape index (κ3) is 2.80. The predicted octanol–water partition coefficient (Wildman–Crippen LogP) is 2.70. The summed E-state index contributed by atoms with van der Waals surface area (Å²) < 4.78 is 6.24. The molecule has 4 heteroatoms. The number of β-lactam (4-membered cyclic amide) rings is 1. The van der Waals surface area contributed by atoms with Crippen molar-refractivity contribution in [1.82, 2.24) is 5.32 Å². The highest BCUT2D eigenvalue weighted by Gasteiger charge is 2.46. The maximum absolute atomic E-state index is 11.6. The highest BCUT2D eigenvalue weighted by molar-refractivity contribution is 6.74. The van der Waals surface area contributed by atoms with Gasteiger partial charge in [-0.1, -0.05) is 26.8 Å². The number of nitrogens with one attached hydrogen (secondary N) is 1. The fourth-order valence-electron chi connectivity index (χ4n) is 1.84. The van der Waals surface area contributed by atoms with Crippen LogP contribution in [0.2, 0.25) is 18.1 Å². The van der Waals surface area contributed by atoms with Crippen molar-refractivity contribution in [2.75, 3.05) is 0 Å². The molecule has 0 aliphatic carbocycles. The summed E-state index contributed by atoms with van der Waals surface area (Å²) in [5, 5.41) is 3.00. The van der Waals surface area contributed by atoms with E-state index in [0.29, 0.717) is 0 Å². The minimum atomic E-state index is -1.80. The highest BCUT2D eigenvalue weighted by Crippen LogP contribution is 2.38. The Hall–Kier alpha value is -0.613. The Morgan fingerprint density at radius 2 is 2.00 bits per heavy atom. The second-order valence-electron chi connectivity index (χ2n) is 6.38. The smallest absolute Gasteiger partial charge is 0.228 e. The fourth-order valence-corrected chi connectivity index (χ4v) is 3.27. The molecule has 3 nitrogen and oxygen atoms in total. The van der Waals surface area contributed by atoms with Crippen molar-refractivity contribution in [3.05, 3.63) is 12.7 Å². The first-order valence-corrected chi connectivity index (χ1v) is 9.12. The Morgan fingerprint density at radius 3 is 2.35 bits per heavy atom. The molecule has 1 aliphatic heterocycles. The Balaban J connectivity index is 2.69. The van der Waals surface area contributed by atoms with Crippen molar-refractivity contribution in [3.63, 3.8) is 0 Å². The van der Waals surface area contributed by atoms with Gasteiger partial charge in [0.25, 0.3) is 0 Å². The van der Waals surface area contributed by atoms with E-state index < -0.39 is 8.32 Å². The molecule has 0 aromatic heterocycles. The van der Waals surface area contributed by atoms with E-state index >= 15 is 0 Å². The second-order valence-corrected chi connectivity index (χ2v) is 11.1. The van der Waals surface area contributed by atoms with Crippen LogP contribution in [-0.2, 0) is 9.22 Å². The molecule has 1 N–H and O–H groups in total. The van der Waals surface area contributed by atoms with E-state index in [2.05, 4.69) is 45.8 Å². The number of amides is 1. The Labute approximate surface area is 106 Å². The zero-order valence-electron chi connectivity index (χ0n) is 11.8. The lowest BCUT2D eigenvalue weighted by Gasteiger charge is -2.44. The van der Waals surface area contributed by atoms with Crippen LogP contribution in [0.5, 0.6) is 0 Å². The average molecular weight is 255 g/mol. The van der Waals surface area contributed by atoms with Gasteiger partial charge in [0.05, 0.1) is 18.1 Å². The largest absolute Gasteiger partial charge is 0.413 e. The lowest BCUT2D eigenvalue weighted by Crippen LogP contribution is -2.62. The monoisotopic (exact) mass is 255 g/mol. The van der Waals surface area contributed by atoms with Crippen molar-refractivity contribution in [2.45, 2.75) is 58.0 Å². The van der Waals surface area contributed by atoms with Crippen LogP contribution in [0.3, 0.4) is 0 Å². The van der Waals surface area contributed by atoms with E-state index in [0.717, 1.165) is 0 Å². The topological polar surface area (TPSA) is 38.3 Å². The molecule has 1 fully saturated rings. The first kappa shape index (κ1) is 14.4. The maximum atomic E-state index is 11.6. The molecule has 0 saturated carbocycles. The summed E-state index contributed by atoms with van der Waals surface area (Å²) in [6.07, 6.45) is 1.75. The first-order valence-electron chi connectivity index (χ1n) is 6.21. The molecule has 0 aromatic carbocycles.